The number of aromatic nitrogens is 2. The standard InChI is InChI=1S/C18H19N3O2/c1-13-17(21-12-4-3-5-16(21)20-13)18(22)19-11-10-14-6-8-15(23-2)9-7-14/h3-9,12H,10-11H2,1-2H3,(H,19,22). The second-order valence-corrected chi connectivity index (χ2v) is 5.33. The fraction of sp³-hybridized carbons (Fsp3) is 0.222. The summed E-state index contributed by atoms with van der Waals surface area (Å²) in [5.74, 6) is 0.730. The predicted molar refractivity (Wildman–Crippen MR) is 89.0 cm³/mol. The minimum absolute atomic E-state index is 0.102. The van der Waals surface area contributed by atoms with Gasteiger partial charge >= 0.3 is 0 Å². The Hall–Kier alpha value is -2.82. The quantitative estimate of drug-likeness (QED) is 0.788. The van der Waals surface area contributed by atoms with Crippen molar-refractivity contribution in [1.82, 2.24) is 14.7 Å². The van der Waals surface area contributed by atoms with Crippen LogP contribution in [0.15, 0.2) is 48.7 Å². The summed E-state index contributed by atoms with van der Waals surface area (Å²) in [6, 6.07) is 13.5. The van der Waals surface area contributed by atoms with Crippen LogP contribution in [-0.4, -0.2) is 28.9 Å². The van der Waals surface area contributed by atoms with E-state index in [-0.39, 0.29) is 5.91 Å². The van der Waals surface area contributed by atoms with E-state index in [1.807, 2.05) is 60.0 Å². The summed E-state index contributed by atoms with van der Waals surface area (Å²) in [6.45, 7) is 2.43. The Morgan fingerprint density at radius 3 is 2.74 bits per heavy atom. The molecule has 0 spiro atoms. The van der Waals surface area contributed by atoms with Gasteiger partial charge < -0.3 is 10.1 Å². The van der Waals surface area contributed by atoms with Crippen LogP contribution >= 0.6 is 0 Å². The molecular formula is C18H19N3O2. The number of methoxy groups -OCH3 is 1. The van der Waals surface area contributed by atoms with E-state index in [1.54, 1.807) is 7.11 Å². The molecular weight excluding hydrogens is 290 g/mol. The molecule has 0 aliphatic rings. The first-order valence-corrected chi connectivity index (χ1v) is 7.54. The molecule has 0 unspecified atom stereocenters. The van der Waals surface area contributed by atoms with Crippen LogP contribution < -0.4 is 10.1 Å². The number of fused-ring (bicyclic) bond motifs is 1. The van der Waals surface area contributed by atoms with Crippen molar-refractivity contribution in [3.63, 3.8) is 0 Å². The molecule has 0 atom stereocenters. The Labute approximate surface area is 134 Å². The van der Waals surface area contributed by atoms with Gasteiger partial charge in [0.15, 0.2) is 0 Å². The molecule has 0 radical (unpaired) electrons. The summed E-state index contributed by atoms with van der Waals surface area (Å²) in [5, 5.41) is 2.96. The highest BCUT2D eigenvalue weighted by molar-refractivity contribution is 5.94. The number of amides is 1. The number of pyridine rings is 1. The first-order chi connectivity index (χ1) is 11.2. The number of imidazole rings is 1. The fourth-order valence-electron chi connectivity index (χ4n) is 2.58. The number of carbonyl (C=O) groups is 1. The van der Waals surface area contributed by atoms with Gasteiger partial charge in [-0.25, -0.2) is 4.98 Å². The van der Waals surface area contributed by atoms with Crippen molar-refractivity contribution < 1.29 is 9.53 Å². The van der Waals surface area contributed by atoms with E-state index in [4.69, 9.17) is 4.74 Å². The van der Waals surface area contributed by atoms with Crippen molar-refractivity contribution in [3.05, 3.63) is 65.6 Å². The lowest BCUT2D eigenvalue weighted by Gasteiger charge is -2.07. The molecule has 1 N–H and O–H groups in total. The molecule has 3 aromatic rings. The highest BCUT2D eigenvalue weighted by Crippen LogP contribution is 2.13. The Balaban J connectivity index is 1.65. The molecule has 118 valence electrons. The van der Waals surface area contributed by atoms with Gasteiger partial charge in [-0.05, 0) is 43.2 Å². The van der Waals surface area contributed by atoms with Crippen LogP contribution in [0.2, 0.25) is 0 Å². The molecule has 2 aromatic heterocycles. The molecule has 0 saturated heterocycles. The molecule has 1 amide bonds. The van der Waals surface area contributed by atoms with Gasteiger partial charge in [-0.3, -0.25) is 9.20 Å². The van der Waals surface area contributed by atoms with Gasteiger partial charge in [-0.15, -0.1) is 0 Å². The van der Waals surface area contributed by atoms with E-state index in [0.29, 0.717) is 12.2 Å². The SMILES string of the molecule is COc1ccc(CCNC(=O)c2c(C)nc3ccccn23)cc1. The van der Waals surface area contributed by atoms with Gasteiger partial charge in [-0.2, -0.15) is 0 Å². The Morgan fingerprint density at radius 2 is 2.00 bits per heavy atom. The maximum atomic E-state index is 12.4. The number of nitrogens with zero attached hydrogens (tertiary/aromatic N) is 2. The number of benzene rings is 1. The molecule has 5 heteroatoms. The fourth-order valence-corrected chi connectivity index (χ4v) is 2.58. The summed E-state index contributed by atoms with van der Waals surface area (Å²) < 4.78 is 6.95. The molecule has 0 aliphatic heterocycles. The summed E-state index contributed by atoms with van der Waals surface area (Å²) in [7, 11) is 1.65. The molecule has 0 aliphatic carbocycles. The van der Waals surface area contributed by atoms with Crippen LogP contribution in [0.1, 0.15) is 21.7 Å². The van der Waals surface area contributed by atoms with Crippen LogP contribution in [-0.2, 0) is 6.42 Å². The maximum Gasteiger partial charge on any atom is 0.270 e. The van der Waals surface area contributed by atoms with Crippen LogP contribution in [0.3, 0.4) is 0 Å². The number of carbonyl (C=O) groups excluding carboxylic acids is 1. The van der Waals surface area contributed by atoms with Gasteiger partial charge in [0, 0.05) is 12.7 Å². The van der Waals surface area contributed by atoms with Crippen LogP contribution in [0.25, 0.3) is 5.65 Å². The van der Waals surface area contributed by atoms with Gasteiger partial charge in [0.2, 0.25) is 0 Å². The average molecular weight is 309 g/mol. The minimum atomic E-state index is -0.102. The first kappa shape index (κ1) is 15.1. The molecule has 2 heterocycles. The Morgan fingerprint density at radius 1 is 1.22 bits per heavy atom. The third-order valence-corrected chi connectivity index (χ3v) is 3.78. The van der Waals surface area contributed by atoms with Gasteiger partial charge in [0.25, 0.3) is 5.91 Å². The molecule has 5 nitrogen and oxygen atoms in total. The van der Waals surface area contributed by atoms with E-state index in [0.717, 1.165) is 29.1 Å². The lowest BCUT2D eigenvalue weighted by Crippen LogP contribution is -2.27. The molecule has 0 bridgehead atoms. The smallest absolute Gasteiger partial charge is 0.270 e. The summed E-state index contributed by atoms with van der Waals surface area (Å²) in [6.07, 6.45) is 2.62. The molecule has 3 rings (SSSR count). The highest BCUT2D eigenvalue weighted by Gasteiger charge is 2.15. The van der Waals surface area contributed by atoms with E-state index in [1.165, 1.54) is 0 Å². The van der Waals surface area contributed by atoms with E-state index in [2.05, 4.69) is 10.3 Å². The minimum Gasteiger partial charge on any atom is -0.497 e. The van der Waals surface area contributed by atoms with Gasteiger partial charge in [-0.1, -0.05) is 18.2 Å². The van der Waals surface area contributed by atoms with E-state index < -0.39 is 0 Å². The lowest BCUT2D eigenvalue weighted by atomic mass is 10.1. The van der Waals surface area contributed by atoms with Crippen molar-refractivity contribution in [1.29, 1.82) is 0 Å². The monoisotopic (exact) mass is 309 g/mol. The number of ether oxygens (including phenoxy) is 1. The van der Waals surface area contributed by atoms with Crippen molar-refractivity contribution >= 4 is 11.6 Å². The largest absolute Gasteiger partial charge is 0.497 e. The zero-order valence-corrected chi connectivity index (χ0v) is 13.2. The summed E-state index contributed by atoms with van der Waals surface area (Å²) in [5.41, 5.74) is 3.26. The Kier molecular flexibility index (Phi) is 4.28. The zero-order valence-electron chi connectivity index (χ0n) is 13.2. The molecule has 23 heavy (non-hydrogen) atoms. The van der Waals surface area contributed by atoms with E-state index in [9.17, 15) is 4.79 Å². The highest BCUT2D eigenvalue weighted by atomic mass is 16.5. The van der Waals surface area contributed by atoms with Crippen molar-refractivity contribution in [3.8, 4) is 5.75 Å². The number of rotatable bonds is 5. The predicted octanol–water partition coefficient (Wildman–Crippen LogP) is 2.62. The second-order valence-electron chi connectivity index (χ2n) is 5.33. The Bertz CT molecular complexity index is 822. The molecule has 1 aromatic carbocycles. The maximum absolute atomic E-state index is 12.4. The van der Waals surface area contributed by atoms with Crippen molar-refractivity contribution in [2.24, 2.45) is 0 Å². The molecule has 0 saturated carbocycles. The third-order valence-electron chi connectivity index (χ3n) is 3.78. The number of nitrogens with one attached hydrogen (secondary N) is 1. The zero-order chi connectivity index (χ0) is 16.2. The number of aryl methyl sites for hydroxylation is 1. The van der Waals surface area contributed by atoms with Crippen LogP contribution in [0, 0.1) is 6.92 Å². The topological polar surface area (TPSA) is 55.6 Å². The van der Waals surface area contributed by atoms with E-state index >= 15 is 0 Å². The van der Waals surface area contributed by atoms with Crippen molar-refractivity contribution in [2.45, 2.75) is 13.3 Å². The lowest BCUT2D eigenvalue weighted by molar-refractivity contribution is 0.0947. The normalized spacial score (nSPS) is 10.7. The van der Waals surface area contributed by atoms with Gasteiger partial charge in [0.1, 0.15) is 17.1 Å². The number of hydrogen-bond donors (Lipinski definition) is 1. The average Bonchev–Trinajstić information content (AvgIpc) is 2.91. The first-order valence-electron chi connectivity index (χ1n) is 7.54. The number of hydrogen-bond acceptors (Lipinski definition) is 3. The van der Waals surface area contributed by atoms with Crippen molar-refractivity contribution in [2.75, 3.05) is 13.7 Å². The molecule has 0 fully saturated rings. The second kappa shape index (κ2) is 6.52. The van der Waals surface area contributed by atoms with Crippen LogP contribution in [0.5, 0.6) is 5.75 Å². The third kappa shape index (κ3) is 3.18. The van der Waals surface area contributed by atoms with Crippen LogP contribution in [0.4, 0.5) is 0 Å². The summed E-state index contributed by atoms with van der Waals surface area (Å²) >= 11 is 0. The van der Waals surface area contributed by atoms with Gasteiger partial charge in [0.05, 0.1) is 12.8 Å². The summed E-state index contributed by atoms with van der Waals surface area (Å²) in [4.78, 5) is 16.8.